The lowest BCUT2D eigenvalue weighted by Crippen LogP contribution is -2.25. The van der Waals surface area contributed by atoms with Crippen LogP contribution >= 0.6 is 0 Å². The van der Waals surface area contributed by atoms with Crippen LogP contribution in [0.1, 0.15) is 41.7 Å². The molecule has 0 unspecified atom stereocenters. The largest absolute Gasteiger partial charge is 0.465 e. The van der Waals surface area contributed by atoms with E-state index in [4.69, 9.17) is 4.74 Å². The number of aryl methyl sites for hydroxylation is 1. The molecule has 1 fully saturated rings. The second kappa shape index (κ2) is 7.96. The Morgan fingerprint density at radius 3 is 2.56 bits per heavy atom. The smallest absolute Gasteiger partial charge is 0.339 e. The molecule has 6 nitrogen and oxygen atoms in total. The number of para-hydroxylation sites is 1. The summed E-state index contributed by atoms with van der Waals surface area (Å²) in [5, 5.41) is 3.17. The molecule has 0 amide bonds. The van der Waals surface area contributed by atoms with Crippen LogP contribution in [0.5, 0.6) is 0 Å². The van der Waals surface area contributed by atoms with Gasteiger partial charge < -0.3 is 15.0 Å². The van der Waals surface area contributed by atoms with E-state index < -0.39 is 0 Å². The van der Waals surface area contributed by atoms with E-state index in [1.165, 1.54) is 32.8 Å². The molecule has 132 valence electrons. The number of benzene rings is 1. The lowest BCUT2D eigenvalue weighted by atomic mass is 10.2. The highest BCUT2D eigenvalue weighted by Gasteiger charge is 2.15. The third-order valence-electron chi connectivity index (χ3n) is 4.35. The molecule has 2 aromatic rings. The van der Waals surface area contributed by atoms with Crippen molar-refractivity contribution < 1.29 is 9.53 Å². The van der Waals surface area contributed by atoms with E-state index in [1.807, 2.05) is 25.1 Å². The maximum atomic E-state index is 11.9. The molecule has 0 aliphatic carbocycles. The molecule has 0 spiro atoms. The molecule has 1 aliphatic rings. The molecule has 2 heterocycles. The number of carbonyl (C=O) groups is 1. The molecule has 3 rings (SSSR count). The average Bonchev–Trinajstić information content (AvgIpc) is 2.90. The Morgan fingerprint density at radius 1 is 1.12 bits per heavy atom. The van der Waals surface area contributed by atoms with E-state index in [1.54, 1.807) is 12.1 Å². The van der Waals surface area contributed by atoms with Crippen molar-refractivity contribution in [1.29, 1.82) is 0 Å². The molecular formula is C19H24N4O2. The Morgan fingerprint density at radius 2 is 1.84 bits per heavy atom. The number of anilines is 3. The number of carbonyl (C=O) groups excluding carboxylic acids is 1. The van der Waals surface area contributed by atoms with Gasteiger partial charge in [0, 0.05) is 24.8 Å². The van der Waals surface area contributed by atoms with Gasteiger partial charge in [-0.25, -0.2) is 9.78 Å². The van der Waals surface area contributed by atoms with Crippen LogP contribution in [0.15, 0.2) is 30.3 Å². The van der Waals surface area contributed by atoms with E-state index in [-0.39, 0.29) is 5.97 Å². The molecule has 0 bridgehead atoms. The van der Waals surface area contributed by atoms with Crippen molar-refractivity contribution in [3.05, 3.63) is 41.6 Å². The Bertz CT molecular complexity index is 740. The van der Waals surface area contributed by atoms with E-state index >= 15 is 0 Å². The fraction of sp³-hybridized carbons (Fsp3) is 0.421. The van der Waals surface area contributed by atoms with Crippen molar-refractivity contribution in [3.63, 3.8) is 0 Å². The number of methoxy groups -OCH3 is 1. The second-order valence-electron chi connectivity index (χ2n) is 6.25. The minimum absolute atomic E-state index is 0.386. The average molecular weight is 340 g/mol. The van der Waals surface area contributed by atoms with Crippen molar-refractivity contribution >= 4 is 23.4 Å². The second-order valence-corrected chi connectivity index (χ2v) is 6.25. The Hall–Kier alpha value is -2.63. The predicted octanol–water partition coefficient (Wildman–Crippen LogP) is 3.70. The number of ether oxygens (including phenoxy) is 1. The third kappa shape index (κ3) is 4.26. The summed E-state index contributed by atoms with van der Waals surface area (Å²) < 4.78 is 4.84. The van der Waals surface area contributed by atoms with Gasteiger partial charge in [-0.2, -0.15) is 4.98 Å². The molecular weight excluding hydrogens is 316 g/mol. The Labute approximate surface area is 148 Å². The summed E-state index contributed by atoms with van der Waals surface area (Å²) in [5.41, 5.74) is 2.00. The van der Waals surface area contributed by atoms with Gasteiger partial charge in [0.15, 0.2) is 0 Å². The molecule has 1 saturated heterocycles. The fourth-order valence-corrected chi connectivity index (χ4v) is 3.07. The lowest BCUT2D eigenvalue weighted by Gasteiger charge is -2.22. The van der Waals surface area contributed by atoms with Crippen LogP contribution in [0.3, 0.4) is 0 Å². The normalized spacial score (nSPS) is 14.7. The van der Waals surface area contributed by atoms with E-state index in [2.05, 4.69) is 20.2 Å². The molecule has 0 saturated carbocycles. The summed E-state index contributed by atoms with van der Waals surface area (Å²) in [7, 11) is 1.37. The van der Waals surface area contributed by atoms with Crippen molar-refractivity contribution in [2.24, 2.45) is 0 Å². The maximum absolute atomic E-state index is 11.9. The maximum Gasteiger partial charge on any atom is 0.339 e. The molecule has 1 aromatic carbocycles. The number of rotatable bonds is 4. The van der Waals surface area contributed by atoms with Crippen LogP contribution in [-0.2, 0) is 4.74 Å². The first-order chi connectivity index (χ1) is 12.2. The van der Waals surface area contributed by atoms with E-state index in [9.17, 15) is 4.79 Å². The van der Waals surface area contributed by atoms with Crippen molar-refractivity contribution in [2.75, 3.05) is 30.4 Å². The number of esters is 1. The predicted molar refractivity (Wildman–Crippen MR) is 98.5 cm³/mol. The Kier molecular flexibility index (Phi) is 5.48. The van der Waals surface area contributed by atoms with Crippen molar-refractivity contribution in [1.82, 2.24) is 9.97 Å². The molecule has 1 N–H and O–H groups in total. The van der Waals surface area contributed by atoms with Gasteiger partial charge in [0.05, 0.1) is 18.4 Å². The third-order valence-corrected chi connectivity index (χ3v) is 4.35. The molecule has 6 heteroatoms. The van der Waals surface area contributed by atoms with Crippen LogP contribution in [0.4, 0.5) is 17.5 Å². The van der Waals surface area contributed by atoms with Gasteiger partial charge in [0.2, 0.25) is 5.95 Å². The molecule has 0 radical (unpaired) electrons. The van der Waals surface area contributed by atoms with Crippen LogP contribution < -0.4 is 10.2 Å². The van der Waals surface area contributed by atoms with Gasteiger partial charge in [-0.15, -0.1) is 0 Å². The number of nitrogens with zero attached hydrogens (tertiary/aromatic N) is 3. The molecule has 25 heavy (non-hydrogen) atoms. The van der Waals surface area contributed by atoms with Gasteiger partial charge in [-0.3, -0.25) is 0 Å². The summed E-state index contributed by atoms with van der Waals surface area (Å²) in [5.74, 6) is 1.05. The number of nitrogens with one attached hydrogen (secondary N) is 1. The first-order valence-electron chi connectivity index (χ1n) is 8.72. The molecule has 1 aromatic heterocycles. The molecule has 0 atom stereocenters. The highest BCUT2D eigenvalue weighted by molar-refractivity contribution is 5.96. The fourth-order valence-electron chi connectivity index (χ4n) is 3.07. The van der Waals surface area contributed by atoms with Crippen molar-refractivity contribution in [2.45, 2.75) is 32.6 Å². The number of hydrogen-bond donors (Lipinski definition) is 1. The quantitative estimate of drug-likeness (QED) is 0.856. The summed E-state index contributed by atoms with van der Waals surface area (Å²) in [6.07, 6.45) is 4.93. The Balaban J connectivity index is 1.87. The standard InChI is InChI=1S/C19H24N4O2/c1-14-13-17(23-11-7-3-4-8-12-23)22-19(20-14)21-16-10-6-5-9-15(16)18(24)25-2/h5-6,9-10,13H,3-4,7-8,11-12H2,1-2H3,(H,20,21,22). The molecule has 1 aliphatic heterocycles. The lowest BCUT2D eigenvalue weighted by molar-refractivity contribution is 0.0602. The number of aromatic nitrogens is 2. The van der Waals surface area contributed by atoms with Gasteiger partial charge in [0.1, 0.15) is 5.82 Å². The van der Waals surface area contributed by atoms with Gasteiger partial charge in [-0.05, 0) is 31.9 Å². The minimum atomic E-state index is -0.386. The van der Waals surface area contributed by atoms with Gasteiger partial charge >= 0.3 is 5.97 Å². The zero-order valence-electron chi connectivity index (χ0n) is 14.8. The number of hydrogen-bond acceptors (Lipinski definition) is 6. The first kappa shape index (κ1) is 17.2. The SMILES string of the molecule is COC(=O)c1ccccc1Nc1nc(C)cc(N2CCCCCC2)n1. The minimum Gasteiger partial charge on any atom is -0.465 e. The van der Waals surface area contributed by atoms with Gasteiger partial charge in [0.25, 0.3) is 0 Å². The van der Waals surface area contributed by atoms with Gasteiger partial charge in [-0.1, -0.05) is 25.0 Å². The summed E-state index contributed by atoms with van der Waals surface area (Å²) in [4.78, 5) is 23.4. The van der Waals surface area contributed by atoms with Crippen LogP contribution in [-0.4, -0.2) is 36.1 Å². The van der Waals surface area contributed by atoms with Crippen LogP contribution in [0.25, 0.3) is 0 Å². The summed E-state index contributed by atoms with van der Waals surface area (Å²) >= 11 is 0. The monoisotopic (exact) mass is 340 g/mol. The van der Waals surface area contributed by atoms with Crippen molar-refractivity contribution in [3.8, 4) is 0 Å². The van der Waals surface area contributed by atoms with Crippen LogP contribution in [0, 0.1) is 6.92 Å². The summed E-state index contributed by atoms with van der Waals surface area (Å²) in [6.45, 7) is 4.00. The first-order valence-corrected chi connectivity index (χ1v) is 8.72. The highest BCUT2D eigenvalue weighted by Crippen LogP contribution is 2.23. The van der Waals surface area contributed by atoms with E-state index in [0.29, 0.717) is 17.2 Å². The topological polar surface area (TPSA) is 67.3 Å². The van der Waals surface area contributed by atoms with E-state index in [0.717, 1.165) is 24.6 Å². The zero-order chi connectivity index (χ0) is 17.6. The highest BCUT2D eigenvalue weighted by atomic mass is 16.5. The zero-order valence-corrected chi connectivity index (χ0v) is 14.8. The van der Waals surface area contributed by atoms with Crippen LogP contribution in [0.2, 0.25) is 0 Å². The summed E-state index contributed by atoms with van der Waals surface area (Å²) in [6, 6.07) is 9.23.